The molecule has 1 aliphatic heterocycles. The zero-order valence-corrected chi connectivity index (χ0v) is 17.4. The minimum Gasteiger partial charge on any atom is -0.493 e. The fraction of sp³-hybridized carbons (Fsp3) is 0.111. The molecule has 0 spiro atoms. The van der Waals surface area contributed by atoms with Crippen LogP contribution in [0.3, 0.4) is 0 Å². The summed E-state index contributed by atoms with van der Waals surface area (Å²) in [5, 5.41) is 14.6. The van der Waals surface area contributed by atoms with E-state index < -0.39 is 0 Å². The fourth-order valence-electron chi connectivity index (χ4n) is 2.73. The third-order valence-electron chi connectivity index (χ3n) is 3.88. The summed E-state index contributed by atoms with van der Waals surface area (Å²) in [6, 6.07) is 5.43. The summed E-state index contributed by atoms with van der Waals surface area (Å²) < 4.78 is 2.45. The smallest absolute Gasteiger partial charge is 0.279 e. The molecule has 0 saturated heterocycles. The quantitative estimate of drug-likeness (QED) is 0.607. The molecule has 1 N–H and O–H groups in total. The fourth-order valence-corrected chi connectivity index (χ4v) is 4.90. The molecule has 0 atom stereocenters. The van der Waals surface area contributed by atoms with Gasteiger partial charge in [-0.05, 0) is 25.1 Å². The number of hydrogen-bond acceptors (Lipinski definition) is 6. The molecule has 1 aliphatic rings. The number of fused-ring (bicyclic) bond motifs is 1. The standard InChI is InChI=1S/C18H13BrN4O2S2/c1-3-6-23-16(25)14(27-18(23)22-17-20-9(2)8-26-17)13-11-7-10(19)4-5-12(11)21-15(13)24/h3-5,7-8,25H,1,6H2,2H3/b22-18+. The Balaban J connectivity index is 2.01. The van der Waals surface area contributed by atoms with Crippen LogP contribution in [0.4, 0.5) is 5.13 Å². The number of nitrogens with zero attached hydrogens (tertiary/aromatic N) is 4. The number of hydrogen-bond donors (Lipinski definition) is 1. The Morgan fingerprint density at radius 3 is 2.96 bits per heavy atom. The SMILES string of the molecule is C=CCn1c(O)c(C2=c3cc(Br)ccc3=NC2=O)s/c1=N/c1nc(C)cs1. The second kappa shape index (κ2) is 6.99. The van der Waals surface area contributed by atoms with Gasteiger partial charge in [0.2, 0.25) is 11.0 Å². The Morgan fingerprint density at radius 2 is 2.26 bits per heavy atom. The van der Waals surface area contributed by atoms with E-state index in [9.17, 15) is 9.90 Å². The van der Waals surface area contributed by atoms with Crippen molar-refractivity contribution in [3.8, 4) is 5.88 Å². The van der Waals surface area contributed by atoms with E-state index in [0.717, 1.165) is 10.2 Å². The van der Waals surface area contributed by atoms with Gasteiger partial charge in [-0.1, -0.05) is 33.3 Å². The maximum atomic E-state index is 12.5. The van der Waals surface area contributed by atoms with Gasteiger partial charge in [0.1, 0.15) is 4.88 Å². The Morgan fingerprint density at radius 1 is 1.44 bits per heavy atom. The van der Waals surface area contributed by atoms with E-state index in [0.29, 0.717) is 37.5 Å². The first-order valence-corrected chi connectivity index (χ1v) is 10.4. The molecule has 136 valence electrons. The molecule has 9 heteroatoms. The lowest BCUT2D eigenvalue weighted by atomic mass is 10.1. The number of rotatable bonds is 4. The number of aryl methyl sites for hydroxylation is 1. The summed E-state index contributed by atoms with van der Waals surface area (Å²) in [7, 11) is 0. The highest BCUT2D eigenvalue weighted by molar-refractivity contribution is 9.10. The van der Waals surface area contributed by atoms with Crippen LogP contribution in [0.1, 0.15) is 10.6 Å². The minimum absolute atomic E-state index is 0.0293. The first kappa shape index (κ1) is 18.0. The average Bonchev–Trinajstić information content (AvgIpc) is 3.26. The molecule has 0 unspecified atom stereocenters. The van der Waals surface area contributed by atoms with E-state index in [4.69, 9.17) is 0 Å². The van der Waals surface area contributed by atoms with Gasteiger partial charge in [0.05, 0.1) is 16.6 Å². The van der Waals surface area contributed by atoms with Crippen molar-refractivity contribution in [3.63, 3.8) is 0 Å². The van der Waals surface area contributed by atoms with Crippen molar-refractivity contribution in [2.24, 2.45) is 9.98 Å². The molecule has 27 heavy (non-hydrogen) atoms. The Kier molecular flexibility index (Phi) is 4.67. The van der Waals surface area contributed by atoms with Crippen molar-refractivity contribution in [2.45, 2.75) is 13.5 Å². The number of halogens is 1. The number of carbonyl (C=O) groups excluding carboxylic acids is 1. The molecule has 3 aromatic rings. The molecule has 1 aromatic carbocycles. The minimum atomic E-state index is -0.373. The van der Waals surface area contributed by atoms with Crippen LogP contribution in [0, 0.1) is 6.92 Å². The first-order valence-electron chi connectivity index (χ1n) is 7.91. The third-order valence-corrected chi connectivity index (χ3v) is 6.31. The lowest BCUT2D eigenvalue weighted by Gasteiger charge is -2.02. The van der Waals surface area contributed by atoms with E-state index in [1.807, 2.05) is 24.4 Å². The maximum absolute atomic E-state index is 12.5. The summed E-state index contributed by atoms with van der Waals surface area (Å²) in [6.45, 7) is 5.99. The van der Waals surface area contributed by atoms with Crippen LogP contribution in [0.25, 0.3) is 5.57 Å². The van der Waals surface area contributed by atoms with Crippen molar-refractivity contribution in [3.05, 3.63) is 66.7 Å². The van der Waals surface area contributed by atoms with Crippen LogP contribution < -0.4 is 15.4 Å². The van der Waals surface area contributed by atoms with Crippen molar-refractivity contribution in [1.82, 2.24) is 9.55 Å². The highest BCUT2D eigenvalue weighted by Crippen LogP contribution is 2.29. The van der Waals surface area contributed by atoms with Gasteiger partial charge in [-0.15, -0.1) is 17.9 Å². The number of thiazole rings is 2. The molecule has 4 rings (SSSR count). The van der Waals surface area contributed by atoms with Gasteiger partial charge in [-0.2, -0.15) is 4.99 Å². The van der Waals surface area contributed by atoms with Crippen molar-refractivity contribution in [1.29, 1.82) is 0 Å². The molecule has 2 aromatic heterocycles. The lowest BCUT2D eigenvalue weighted by Crippen LogP contribution is -2.22. The van der Waals surface area contributed by atoms with Gasteiger partial charge in [-0.25, -0.2) is 9.98 Å². The number of aromatic hydroxyl groups is 1. The Bertz CT molecular complexity index is 1280. The van der Waals surface area contributed by atoms with Gasteiger partial charge >= 0.3 is 0 Å². The van der Waals surface area contributed by atoms with Crippen LogP contribution in [0.2, 0.25) is 0 Å². The summed E-state index contributed by atoms with van der Waals surface area (Å²) in [5.74, 6) is -0.402. The summed E-state index contributed by atoms with van der Waals surface area (Å²) in [5.41, 5.74) is 1.26. The zero-order valence-electron chi connectivity index (χ0n) is 14.1. The zero-order chi connectivity index (χ0) is 19.1. The molecule has 3 heterocycles. The average molecular weight is 461 g/mol. The van der Waals surface area contributed by atoms with E-state index in [1.165, 1.54) is 22.7 Å². The predicted octanol–water partition coefficient (Wildman–Crippen LogP) is 2.56. The second-order valence-corrected chi connectivity index (χ2v) is 8.50. The molecule has 0 radical (unpaired) electrons. The molecular weight excluding hydrogens is 448 g/mol. The Labute approximate surface area is 170 Å². The van der Waals surface area contributed by atoms with Crippen molar-refractivity contribution in [2.75, 3.05) is 0 Å². The second-order valence-electron chi connectivity index (χ2n) is 5.77. The van der Waals surface area contributed by atoms with Crippen LogP contribution in [-0.4, -0.2) is 20.6 Å². The van der Waals surface area contributed by atoms with Crippen LogP contribution in [0.5, 0.6) is 5.88 Å². The van der Waals surface area contributed by atoms with E-state index in [-0.39, 0.29) is 11.8 Å². The van der Waals surface area contributed by atoms with Gasteiger partial charge in [0.25, 0.3) is 5.91 Å². The first-order chi connectivity index (χ1) is 13.0. The van der Waals surface area contributed by atoms with Crippen LogP contribution in [-0.2, 0) is 11.3 Å². The third kappa shape index (κ3) is 3.22. The van der Waals surface area contributed by atoms with Crippen LogP contribution >= 0.6 is 38.6 Å². The van der Waals surface area contributed by atoms with Gasteiger partial charge in [0, 0.05) is 21.6 Å². The summed E-state index contributed by atoms with van der Waals surface area (Å²) in [6.07, 6.45) is 1.67. The van der Waals surface area contributed by atoms with Gasteiger partial charge < -0.3 is 5.11 Å². The van der Waals surface area contributed by atoms with Crippen molar-refractivity contribution >= 4 is 55.2 Å². The van der Waals surface area contributed by atoms with Crippen LogP contribution in [0.15, 0.2) is 50.7 Å². The molecule has 0 saturated carbocycles. The highest BCUT2D eigenvalue weighted by atomic mass is 79.9. The molecule has 0 bridgehead atoms. The highest BCUT2D eigenvalue weighted by Gasteiger charge is 2.25. The molecule has 0 aliphatic carbocycles. The lowest BCUT2D eigenvalue weighted by molar-refractivity contribution is -0.112. The Hall–Kier alpha value is -2.36. The van der Waals surface area contributed by atoms with Crippen molar-refractivity contribution < 1.29 is 9.90 Å². The number of allylic oxidation sites excluding steroid dienone is 1. The largest absolute Gasteiger partial charge is 0.493 e. The molecular formula is C18H13BrN4O2S2. The monoisotopic (exact) mass is 460 g/mol. The van der Waals surface area contributed by atoms with E-state index >= 15 is 0 Å². The summed E-state index contributed by atoms with van der Waals surface area (Å²) >= 11 is 6.08. The van der Waals surface area contributed by atoms with Gasteiger partial charge in [0.15, 0.2) is 4.80 Å². The van der Waals surface area contributed by atoms with Gasteiger partial charge in [-0.3, -0.25) is 9.36 Å². The normalized spacial score (nSPS) is 13.8. The molecule has 1 amide bonds. The topological polar surface area (TPSA) is 79.8 Å². The number of benzene rings is 1. The molecule has 0 fully saturated rings. The predicted molar refractivity (Wildman–Crippen MR) is 109 cm³/mol. The maximum Gasteiger partial charge on any atom is 0.279 e. The molecule has 6 nitrogen and oxygen atoms in total. The number of amides is 1. The van der Waals surface area contributed by atoms with E-state index in [1.54, 1.807) is 16.7 Å². The number of aromatic nitrogens is 2. The van der Waals surface area contributed by atoms with E-state index in [2.05, 4.69) is 37.5 Å². The summed E-state index contributed by atoms with van der Waals surface area (Å²) in [4.78, 5) is 26.5. The number of carbonyl (C=O) groups is 1.